The van der Waals surface area contributed by atoms with Crippen molar-refractivity contribution in [2.75, 3.05) is 18.1 Å². The SMILES string of the molecule is CCOc1ccc(F)c(C(c2cc3cc(N)ccc3c(N)n2)c2nc(-c3ccccc3)c[nH]2)c1. The molecule has 34 heavy (non-hydrogen) atoms. The molecule has 0 aliphatic carbocycles. The van der Waals surface area contributed by atoms with Crippen LogP contribution in [0.25, 0.3) is 22.0 Å². The van der Waals surface area contributed by atoms with Crippen molar-refractivity contribution in [3.8, 4) is 17.0 Å². The first-order valence-corrected chi connectivity index (χ1v) is 11.0. The van der Waals surface area contributed by atoms with Crippen molar-refractivity contribution >= 4 is 22.3 Å². The standard InChI is InChI=1S/C27H24FN5O/c1-2-34-19-9-11-22(28)21(14-19)25(27-31-15-24(33-27)16-6-4-3-5-7-16)23-13-17-12-18(29)8-10-20(17)26(30)32-23/h3-15,25H,2,29H2,1H3,(H2,30,32)(H,31,33). The summed E-state index contributed by atoms with van der Waals surface area (Å²) in [5, 5.41) is 1.60. The molecule has 0 radical (unpaired) electrons. The second kappa shape index (κ2) is 8.86. The lowest BCUT2D eigenvalue weighted by Gasteiger charge is -2.18. The topological polar surface area (TPSA) is 103 Å². The fourth-order valence-corrected chi connectivity index (χ4v) is 4.16. The maximum absolute atomic E-state index is 15.3. The highest BCUT2D eigenvalue weighted by atomic mass is 19.1. The number of rotatable bonds is 6. The molecule has 1 unspecified atom stereocenters. The Labute approximate surface area is 196 Å². The molecule has 3 aromatic carbocycles. The first-order valence-electron chi connectivity index (χ1n) is 11.0. The van der Waals surface area contributed by atoms with Crippen LogP contribution < -0.4 is 16.2 Å². The summed E-state index contributed by atoms with van der Waals surface area (Å²) in [5.74, 6) is 0.414. The van der Waals surface area contributed by atoms with Crippen molar-refractivity contribution in [2.45, 2.75) is 12.8 Å². The zero-order chi connectivity index (χ0) is 23.7. The lowest BCUT2D eigenvalue weighted by atomic mass is 9.92. The average molecular weight is 454 g/mol. The number of hydrogen-bond donors (Lipinski definition) is 3. The van der Waals surface area contributed by atoms with Gasteiger partial charge in [0.15, 0.2) is 0 Å². The third kappa shape index (κ3) is 4.03. The van der Waals surface area contributed by atoms with E-state index in [1.165, 1.54) is 6.07 Å². The van der Waals surface area contributed by atoms with Gasteiger partial charge in [-0.3, -0.25) is 0 Å². The molecule has 7 heteroatoms. The Bertz CT molecular complexity index is 1470. The second-order valence-electron chi connectivity index (χ2n) is 8.00. The summed E-state index contributed by atoms with van der Waals surface area (Å²) in [5.41, 5.74) is 15.6. The predicted molar refractivity (Wildman–Crippen MR) is 133 cm³/mol. The summed E-state index contributed by atoms with van der Waals surface area (Å²) in [6, 6.07) is 21.8. The molecule has 0 spiro atoms. The Hall–Kier alpha value is -4.39. The molecule has 0 amide bonds. The quantitative estimate of drug-likeness (QED) is 0.294. The number of fused-ring (bicyclic) bond motifs is 1. The van der Waals surface area contributed by atoms with Crippen LogP contribution in [0.4, 0.5) is 15.9 Å². The molecular formula is C27H24FN5O. The number of halogens is 1. The highest BCUT2D eigenvalue weighted by Gasteiger charge is 2.26. The number of anilines is 2. The third-order valence-corrected chi connectivity index (χ3v) is 5.73. The largest absolute Gasteiger partial charge is 0.494 e. The maximum Gasteiger partial charge on any atom is 0.131 e. The van der Waals surface area contributed by atoms with E-state index in [4.69, 9.17) is 21.2 Å². The van der Waals surface area contributed by atoms with Crippen molar-refractivity contribution in [3.63, 3.8) is 0 Å². The summed E-state index contributed by atoms with van der Waals surface area (Å²) >= 11 is 0. The third-order valence-electron chi connectivity index (χ3n) is 5.73. The van der Waals surface area contributed by atoms with Crippen LogP contribution in [-0.4, -0.2) is 21.6 Å². The highest BCUT2D eigenvalue weighted by molar-refractivity contribution is 5.93. The van der Waals surface area contributed by atoms with Gasteiger partial charge in [-0.15, -0.1) is 0 Å². The van der Waals surface area contributed by atoms with Gasteiger partial charge >= 0.3 is 0 Å². The molecule has 0 aliphatic rings. The van der Waals surface area contributed by atoms with Crippen LogP contribution in [0.1, 0.15) is 29.9 Å². The Kier molecular flexibility index (Phi) is 5.59. The Balaban J connectivity index is 1.71. The number of nitrogens with two attached hydrogens (primary N) is 2. The van der Waals surface area contributed by atoms with Gasteiger partial charge in [0.2, 0.25) is 0 Å². The summed E-state index contributed by atoms with van der Waals surface area (Å²) in [6.07, 6.45) is 1.81. The molecular weight excluding hydrogens is 429 g/mol. The van der Waals surface area contributed by atoms with E-state index in [1.54, 1.807) is 18.2 Å². The lowest BCUT2D eigenvalue weighted by Crippen LogP contribution is -2.11. The van der Waals surface area contributed by atoms with E-state index in [9.17, 15) is 0 Å². The molecule has 170 valence electrons. The Morgan fingerprint density at radius 2 is 1.79 bits per heavy atom. The van der Waals surface area contributed by atoms with Gasteiger partial charge in [0.05, 0.1) is 23.9 Å². The summed E-state index contributed by atoms with van der Waals surface area (Å²) < 4.78 is 20.9. The molecule has 0 aliphatic heterocycles. The normalized spacial score (nSPS) is 12.1. The van der Waals surface area contributed by atoms with E-state index in [0.29, 0.717) is 40.9 Å². The minimum Gasteiger partial charge on any atom is -0.494 e. The van der Waals surface area contributed by atoms with Crippen LogP contribution in [0, 0.1) is 5.82 Å². The molecule has 5 N–H and O–H groups in total. The first-order chi connectivity index (χ1) is 16.5. The van der Waals surface area contributed by atoms with E-state index in [0.717, 1.165) is 22.0 Å². The van der Waals surface area contributed by atoms with E-state index in [2.05, 4.69) is 9.97 Å². The molecule has 5 aromatic rings. The van der Waals surface area contributed by atoms with Crippen LogP contribution in [0.3, 0.4) is 0 Å². The van der Waals surface area contributed by atoms with Crippen LogP contribution >= 0.6 is 0 Å². The number of nitrogen functional groups attached to an aromatic ring is 2. The molecule has 0 bridgehead atoms. The highest BCUT2D eigenvalue weighted by Crippen LogP contribution is 2.36. The van der Waals surface area contributed by atoms with Crippen LogP contribution in [0.2, 0.25) is 0 Å². The first kappa shape index (κ1) is 21.5. The van der Waals surface area contributed by atoms with Crippen molar-refractivity contribution in [1.29, 1.82) is 0 Å². The molecule has 6 nitrogen and oxygen atoms in total. The molecule has 2 aromatic heterocycles. The summed E-state index contributed by atoms with van der Waals surface area (Å²) in [4.78, 5) is 12.7. The number of benzene rings is 3. The fraction of sp³-hybridized carbons (Fsp3) is 0.111. The van der Waals surface area contributed by atoms with Crippen LogP contribution in [-0.2, 0) is 0 Å². The molecule has 0 saturated heterocycles. The predicted octanol–water partition coefficient (Wildman–Crippen LogP) is 5.51. The lowest BCUT2D eigenvalue weighted by molar-refractivity contribution is 0.339. The number of pyridine rings is 1. The van der Waals surface area contributed by atoms with Gasteiger partial charge in [-0.1, -0.05) is 30.3 Å². The van der Waals surface area contributed by atoms with Crippen LogP contribution in [0.15, 0.2) is 79.0 Å². The fourth-order valence-electron chi connectivity index (χ4n) is 4.16. The van der Waals surface area contributed by atoms with E-state index in [-0.39, 0.29) is 5.82 Å². The zero-order valence-corrected chi connectivity index (χ0v) is 18.6. The van der Waals surface area contributed by atoms with E-state index < -0.39 is 5.92 Å². The van der Waals surface area contributed by atoms with E-state index >= 15 is 4.39 Å². The number of aromatic nitrogens is 3. The van der Waals surface area contributed by atoms with E-state index in [1.807, 2.05) is 61.7 Å². The van der Waals surface area contributed by atoms with Gasteiger partial charge in [0, 0.05) is 28.4 Å². The van der Waals surface area contributed by atoms with Gasteiger partial charge in [-0.05, 0) is 54.8 Å². The van der Waals surface area contributed by atoms with Gasteiger partial charge in [-0.25, -0.2) is 14.4 Å². The molecule has 1 atom stereocenters. The number of H-pyrrole nitrogens is 1. The summed E-state index contributed by atoms with van der Waals surface area (Å²) in [6.45, 7) is 2.35. The Morgan fingerprint density at radius 3 is 2.59 bits per heavy atom. The van der Waals surface area contributed by atoms with Gasteiger partial charge in [0.25, 0.3) is 0 Å². The number of aromatic amines is 1. The smallest absolute Gasteiger partial charge is 0.131 e. The zero-order valence-electron chi connectivity index (χ0n) is 18.6. The van der Waals surface area contributed by atoms with Gasteiger partial charge in [-0.2, -0.15) is 0 Å². The number of nitrogens with one attached hydrogen (secondary N) is 1. The monoisotopic (exact) mass is 453 g/mol. The Morgan fingerprint density at radius 1 is 0.971 bits per heavy atom. The summed E-state index contributed by atoms with van der Waals surface area (Å²) in [7, 11) is 0. The van der Waals surface area contributed by atoms with Crippen LogP contribution in [0.5, 0.6) is 5.75 Å². The van der Waals surface area contributed by atoms with Crippen molar-refractivity contribution in [3.05, 3.63) is 102 Å². The molecule has 2 heterocycles. The average Bonchev–Trinajstić information content (AvgIpc) is 3.31. The number of nitrogens with zero attached hydrogens (tertiary/aromatic N) is 2. The second-order valence-corrected chi connectivity index (χ2v) is 8.00. The number of ether oxygens (including phenoxy) is 1. The van der Waals surface area contributed by atoms with Crippen molar-refractivity contribution < 1.29 is 9.13 Å². The molecule has 0 saturated carbocycles. The van der Waals surface area contributed by atoms with Gasteiger partial charge < -0.3 is 21.2 Å². The van der Waals surface area contributed by atoms with Gasteiger partial charge in [0.1, 0.15) is 23.2 Å². The maximum atomic E-state index is 15.3. The molecule has 0 fully saturated rings. The van der Waals surface area contributed by atoms with Crippen molar-refractivity contribution in [1.82, 2.24) is 15.0 Å². The van der Waals surface area contributed by atoms with Crippen molar-refractivity contribution in [2.24, 2.45) is 0 Å². The molecule has 5 rings (SSSR count). The number of hydrogen-bond acceptors (Lipinski definition) is 5. The number of imidazole rings is 1. The minimum atomic E-state index is -0.647. The minimum absolute atomic E-state index is 0.341.